The third-order valence-electron chi connectivity index (χ3n) is 4.59. The summed E-state index contributed by atoms with van der Waals surface area (Å²) >= 11 is 1.33. The molecule has 3 aromatic rings. The van der Waals surface area contributed by atoms with E-state index in [0.29, 0.717) is 24.5 Å². The first-order valence-electron chi connectivity index (χ1n) is 9.12. The van der Waals surface area contributed by atoms with Crippen LogP contribution in [0, 0.1) is 0 Å². The number of hydrogen-bond acceptors (Lipinski definition) is 8. The van der Waals surface area contributed by atoms with E-state index in [1.54, 1.807) is 23.8 Å². The van der Waals surface area contributed by atoms with Gasteiger partial charge in [0.2, 0.25) is 0 Å². The number of amides is 2. The van der Waals surface area contributed by atoms with Gasteiger partial charge in [-0.3, -0.25) is 19.6 Å². The summed E-state index contributed by atoms with van der Waals surface area (Å²) in [6.45, 7) is 0.720. The van der Waals surface area contributed by atoms with E-state index < -0.39 is 11.9 Å². The molecule has 0 radical (unpaired) electrons. The molecule has 0 unspecified atom stereocenters. The number of aromatic nitrogens is 3. The summed E-state index contributed by atoms with van der Waals surface area (Å²) in [5.74, 6) is -1.51. The number of pyridine rings is 2. The second kappa shape index (κ2) is 8.37. The highest BCUT2D eigenvalue weighted by Crippen LogP contribution is 2.25. The van der Waals surface area contributed by atoms with Gasteiger partial charge in [0, 0.05) is 48.8 Å². The quantitative estimate of drug-likeness (QED) is 0.593. The molecule has 0 bridgehead atoms. The van der Waals surface area contributed by atoms with Crippen molar-refractivity contribution in [2.24, 2.45) is 0 Å². The predicted octanol–water partition coefficient (Wildman–Crippen LogP) is 2.29. The fourth-order valence-electron chi connectivity index (χ4n) is 3.15. The lowest BCUT2D eigenvalue weighted by molar-refractivity contribution is 0.0181. The normalized spacial score (nSPS) is 13.4. The molecule has 4 heterocycles. The van der Waals surface area contributed by atoms with Crippen molar-refractivity contribution >= 4 is 29.1 Å². The van der Waals surface area contributed by atoms with E-state index in [0.717, 1.165) is 5.56 Å². The van der Waals surface area contributed by atoms with Gasteiger partial charge in [-0.2, -0.15) is 0 Å². The molecule has 0 N–H and O–H groups in total. The first-order valence-corrected chi connectivity index (χ1v) is 10.00. The molecule has 1 fully saturated rings. The molecule has 0 atom stereocenters. The molecule has 0 spiro atoms. The monoisotopic (exact) mass is 423 g/mol. The molecule has 0 aliphatic carbocycles. The molecule has 3 aromatic heterocycles. The predicted molar refractivity (Wildman–Crippen MR) is 108 cm³/mol. The van der Waals surface area contributed by atoms with Gasteiger partial charge in [0.1, 0.15) is 10.7 Å². The molecule has 30 heavy (non-hydrogen) atoms. The smallest absolute Gasteiger partial charge is 0.338 e. The molecule has 9 nitrogen and oxygen atoms in total. The van der Waals surface area contributed by atoms with Crippen LogP contribution >= 0.6 is 11.3 Å². The minimum atomic E-state index is -0.640. The fourth-order valence-corrected chi connectivity index (χ4v) is 3.94. The average molecular weight is 423 g/mol. The van der Waals surface area contributed by atoms with Crippen molar-refractivity contribution in [2.75, 3.05) is 20.2 Å². The Kier molecular flexibility index (Phi) is 5.48. The van der Waals surface area contributed by atoms with E-state index in [-0.39, 0.29) is 22.7 Å². The van der Waals surface area contributed by atoms with Crippen molar-refractivity contribution in [3.63, 3.8) is 0 Å². The first kappa shape index (κ1) is 19.6. The Morgan fingerprint density at radius 1 is 1.00 bits per heavy atom. The van der Waals surface area contributed by atoms with E-state index in [9.17, 15) is 14.4 Å². The lowest BCUT2D eigenvalue weighted by Gasteiger charge is -2.27. The van der Waals surface area contributed by atoms with Crippen molar-refractivity contribution in [1.29, 1.82) is 0 Å². The highest BCUT2D eigenvalue weighted by atomic mass is 32.1. The second-order valence-corrected chi connectivity index (χ2v) is 7.26. The Morgan fingerprint density at radius 3 is 2.50 bits per heavy atom. The molecule has 2 amide bonds. The number of nitrogens with zero attached hydrogens (tertiary/aromatic N) is 5. The third-order valence-corrected chi connectivity index (χ3v) is 5.48. The molecule has 152 valence electrons. The number of carbonyl (C=O) groups is 3. The molecule has 1 aliphatic heterocycles. The van der Waals surface area contributed by atoms with E-state index in [1.807, 2.05) is 6.07 Å². The summed E-state index contributed by atoms with van der Waals surface area (Å²) in [5.41, 5.74) is 1.25. The Balaban J connectivity index is 1.59. The number of hydrazine groups is 1. The summed E-state index contributed by atoms with van der Waals surface area (Å²) in [6, 6.07) is 5.08. The molecule has 10 heteroatoms. The van der Waals surface area contributed by atoms with Crippen LogP contribution in [-0.4, -0.2) is 63.0 Å². The van der Waals surface area contributed by atoms with Gasteiger partial charge in [0.15, 0.2) is 0 Å². The van der Waals surface area contributed by atoms with Crippen LogP contribution in [0.1, 0.15) is 37.6 Å². The van der Waals surface area contributed by atoms with Gasteiger partial charge in [0.25, 0.3) is 11.8 Å². The largest absolute Gasteiger partial charge is 0.465 e. The van der Waals surface area contributed by atoms with Gasteiger partial charge < -0.3 is 4.74 Å². The third kappa shape index (κ3) is 3.64. The Labute approximate surface area is 175 Å². The maximum Gasteiger partial charge on any atom is 0.338 e. The zero-order chi connectivity index (χ0) is 21.1. The zero-order valence-corrected chi connectivity index (χ0v) is 16.8. The maximum absolute atomic E-state index is 13.1. The highest BCUT2D eigenvalue weighted by Gasteiger charge is 2.34. The van der Waals surface area contributed by atoms with Crippen LogP contribution in [0.4, 0.5) is 0 Å². The van der Waals surface area contributed by atoms with Crippen LogP contribution in [-0.2, 0) is 4.74 Å². The molecule has 1 aliphatic rings. The van der Waals surface area contributed by atoms with Crippen molar-refractivity contribution in [2.45, 2.75) is 6.42 Å². The Hall–Kier alpha value is -3.66. The number of rotatable bonds is 4. The number of carbonyl (C=O) groups excluding carboxylic acids is 3. The van der Waals surface area contributed by atoms with Crippen LogP contribution < -0.4 is 0 Å². The summed E-state index contributed by atoms with van der Waals surface area (Å²) in [6.07, 6.45) is 6.67. The SMILES string of the molecule is COC(=O)c1ccncc1C(=O)N1CCCN1C(=O)c1csc(-c2cccnc2)n1. The summed E-state index contributed by atoms with van der Waals surface area (Å²) in [7, 11) is 1.24. The van der Waals surface area contributed by atoms with Crippen molar-refractivity contribution in [3.05, 3.63) is 65.2 Å². The number of ether oxygens (including phenoxy) is 1. The van der Waals surface area contributed by atoms with Gasteiger partial charge in [-0.1, -0.05) is 0 Å². The fraction of sp³-hybridized carbons (Fsp3) is 0.200. The van der Waals surface area contributed by atoms with Crippen LogP contribution in [0.3, 0.4) is 0 Å². The molecular weight excluding hydrogens is 406 g/mol. The second-order valence-electron chi connectivity index (χ2n) is 6.40. The van der Waals surface area contributed by atoms with Crippen LogP contribution in [0.25, 0.3) is 10.6 Å². The van der Waals surface area contributed by atoms with E-state index in [4.69, 9.17) is 4.74 Å². The van der Waals surface area contributed by atoms with Crippen molar-refractivity contribution < 1.29 is 19.1 Å². The Morgan fingerprint density at radius 2 is 1.77 bits per heavy atom. The van der Waals surface area contributed by atoms with E-state index >= 15 is 0 Å². The number of thiazole rings is 1. The summed E-state index contributed by atoms with van der Waals surface area (Å²) < 4.78 is 4.75. The zero-order valence-electron chi connectivity index (χ0n) is 16.0. The maximum atomic E-state index is 13.1. The summed E-state index contributed by atoms with van der Waals surface area (Å²) in [5, 5.41) is 5.02. The van der Waals surface area contributed by atoms with Gasteiger partial charge in [-0.15, -0.1) is 11.3 Å². The van der Waals surface area contributed by atoms with Gasteiger partial charge >= 0.3 is 5.97 Å². The van der Waals surface area contributed by atoms with E-state index in [2.05, 4.69) is 15.0 Å². The molecule has 0 saturated carbocycles. The van der Waals surface area contributed by atoms with Crippen LogP contribution in [0.5, 0.6) is 0 Å². The number of methoxy groups -OCH3 is 1. The van der Waals surface area contributed by atoms with E-state index in [1.165, 1.54) is 46.9 Å². The number of hydrogen-bond donors (Lipinski definition) is 0. The Bertz CT molecular complexity index is 1100. The lowest BCUT2D eigenvalue weighted by Crippen LogP contribution is -2.45. The highest BCUT2D eigenvalue weighted by molar-refractivity contribution is 7.13. The topological polar surface area (TPSA) is 106 Å². The minimum absolute atomic E-state index is 0.0818. The van der Waals surface area contributed by atoms with Gasteiger partial charge in [-0.25, -0.2) is 19.8 Å². The van der Waals surface area contributed by atoms with Gasteiger partial charge in [0.05, 0.1) is 18.2 Å². The summed E-state index contributed by atoms with van der Waals surface area (Å²) in [4.78, 5) is 50.6. The first-order chi connectivity index (χ1) is 14.6. The minimum Gasteiger partial charge on any atom is -0.465 e. The molecule has 0 aromatic carbocycles. The van der Waals surface area contributed by atoms with Crippen molar-refractivity contribution in [1.82, 2.24) is 25.0 Å². The van der Waals surface area contributed by atoms with Gasteiger partial charge in [-0.05, 0) is 24.6 Å². The standard InChI is InChI=1S/C20H17N5O4S/c1-29-20(28)14-5-7-22-11-15(14)18(26)24-8-3-9-25(24)19(27)16-12-30-17(23-16)13-4-2-6-21-10-13/h2,4-7,10-12H,3,8-9H2,1H3. The molecular formula is C20H17N5O4S. The molecule has 4 rings (SSSR count). The lowest BCUT2D eigenvalue weighted by atomic mass is 10.1. The van der Waals surface area contributed by atoms with Crippen LogP contribution in [0.2, 0.25) is 0 Å². The average Bonchev–Trinajstić information content (AvgIpc) is 3.48. The van der Waals surface area contributed by atoms with Crippen molar-refractivity contribution in [3.8, 4) is 10.6 Å². The van der Waals surface area contributed by atoms with Crippen LogP contribution in [0.15, 0.2) is 48.4 Å². The number of esters is 1. The molecule has 1 saturated heterocycles.